The Bertz CT molecular complexity index is 514. The van der Waals surface area contributed by atoms with Gasteiger partial charge in [0, 0.05) is 9.77 Å². The molecule has 1 aromatic carbocycles. The summed E-state index contributed by atoms with van der Waals surface area (Å²) in [7, 11) is 0. The molecule has 0 radical (unpaired) electrons. The van der Waals surface area contributed by atoms with Crippen molar-refractivity contribution in [2.75, 3.05) is 11.5 Å². The van der Waals surface area contributed by atoms with E-state index in [1.54, 1.807) is 0 Å². The molecule has 2 aromatic rings. The lowest BCUT2D eigenvalue weighted by Gasteiger charge is -2.02. The van der Waals surface area contributed by atoms with Crippen molar-refractivity contribution in [2.45, 2.75) is 48.6 Å². The molecule has 0 unspecified atom stereocenters. The Morgan fingerprint density at radius 2 is 1.48 bits per heavy atom. The molecule has 0 amide bonds. The average Bonchev–Trinajstić information content (AvgIpc) is 2.97. The number of hydrogen-bond acceptors (Lipinski definition) is 3. The molecule has 0 aliphatic rings. The zero-order valence-corrected chi connectivity index (χ0v) is 15.4. The second-order valence-electron chi connectivity index (χ2n) is 5.05. The molecule has 0 saturated carbocycles. The fourth-order valence-corrected chi connectivity index (χ4v) is 5.21. The number of unbranched alkanes of at least 4 members (excludes halogenated alkanes) is 2. The van der Waals surface area contributed by atoms with Crippen LogP contribution >= 0.6 is 34.9 Å². The van der Waals surface area contributed by atoms with Gasteiger partial charge in [0.2, 0.25) is 0 Å². The van der Waals surface area contributed by atoms with Crippen molar-refractivity contribution >= 4 is 34.9 Å². The van der Waals surface area contributed by atoms with Crippen molar-refractivity contribution in [1.29, 1.82) is 0 Å². The molecular weight excluding hydrogens is 312 g/mol. The molecule has 114 valence electrons. The zero-order chi connectivity index (χ0) is 14.9. The molecule has 0 aliphatic heterocycles. The Morgan fingerprint density at radius 3 is 2.14 bits per heavy atom. The van der Waals surface area contributed by atoms with Crippen LogP contribution in [0.4, 0.5) is 0 Å². The normalized spacial score (nSPS) is 11.0. The molecule has 0 atom stereocenters. The molecular formula is C18H24S3. The van der Waals surface area contributed by atoms with E-state index in [2.05, 4.69) is 50.2 Å². The van der Waals surface area contributed by atoms with E-state index in [-0.39, 0.29) is 0 Å². The van der Waals surface area contributed by atoms with Crippen LogP contribution in [0.25, 0.3) is 10.4 Å². The van der Waals surface area contributed by atoms with E-state index >= 15 is 0 Å². The second kappa shape index (κ2) is 9.60. The van der Waals surface area contributed by atoms with Crippen LogP contribution in [0.1, 0.15) is 39.5 Å². The number of thiophene rings is 1. The third-order valence-electron chi connectivity index (χ3n) is 3.23. The van der Waals surface area contributed by atoms with Gasteiger partial charge in [-0.1, -0.05) is 38.8 Å². The summed E-state index contributed by atoms with van der Waals surface area (Å²) in [5.41, 5.74) is 1.35. The van der Waals surface area contributed by atoms with Crippen LogP contribution in [0.3, 0.4) is 0 Å². The summed E-state index contributed by atoms with van der Waals surface area (Å²) in [4.78, 5) is 2.78. The summed E-state index contributed by atoms with van der Waals surface area (Å²) in [6.07, 6.45) is 5.17. The van der Waals surface area contributed by atoms with E-state index in [0.29, 0.717) is 0 Å². The molecule has 0 fully saturated rings. The maximum absolute atomic E-state index is 2.27. The molecule has 2 rings (SSSR count). The van der Waals surface area contributed by atoms with Crippen LogP contribution in [0.15, 0.2) is 45.5 Å². The minimum absolute atomic E-state index is 1.23. The number of benzene rings is 1. The summed E-state index contributed by atoms with van der Waals surface area (Å²) in [5.74, 6) is 2.47. The molecule has 1 aromatic heterocycles. The first-order valence-corrected chi connectivity index (χ1v) is 10.6. The van der Waals surface area contributed by atoms with Gasteiger partial charge < -0.3 is 0 Å². The van der Waals surface area contributed by atoms with Crippen molar-refractivity contribution in [2.24, 2.45) is 0 Å². The minimum atomic E-state index is 1.23. The Kier molecular flexibility index (Phi) is 7.76. The molecule has 3 heteroatoms. The first-order chi connectivity index (χ1) is 10.3. The minimum Gasteiger partial charge on any atom is -0.129 e. The van der Waals surface area contributed by atoms with E-state index in [1.165, 1.54) is 56.7 Å². The first-order valence-electron chi connectivity index (χ1n) is 7.79. The van der Waals surface area contributed by atoms with E-state index in [1.807, 2.05) is 34.9 Å². The van der Waals surface area contributed by atoms with Gasteiger partial charge >= 0.3 is 0 Å². The maximum atomic E-state index is 2.27. The van der Waals surface area contributed by atoms with E-state index < -0.39 is 0 Å². The fraction of sp³-hybridized carbons (Fsp3) is 0.444. The highest BCUT2D eigenvalue weighted by Crippen LogP contribution is 2.35. The Labute approximate surface area is 141 Å². The third-order valence-corrected chi connectivity index (χ3v) is 6.77. The Morgan fingerprint density at radius 1 is 0.810 bits per heavy atom. The highest BCUT2D eigenvalue weighted by Gasteiger charge is 2.04. The largest absolute Gasteiger partial charge is 0.129 e. The lowest BCUT2D eigenvalue weighted by atomic mass is 10.2. The number of rotatable bonds is 9. The van der Waals surface area contributed by atoms with E-state index in [4.69, 9.17) is 0 Å². The van der Waals surface area contributed by atoms with Crippen molar-refractivity contribution < 1.29 is 0 Å². The number of hydrogen-bond donors (Lipinski definition) is 0. The molecule has 1 heterocycles. The lowest BCUT2D eigenvalue weighted by molar-refractivity contribution is 0.896. The summed E-state index contributed by atoms with van der Waals surface area (Å²) >= 11 is 5.88. The quantitative estimate of drug-likeness (QED) is 0.351. The second-order valence-corrected chi connectivity index (χ2v) is 8.69. The lowest BCUT2D eigenvalue weighted by Crippen LogP contribution is -1.79. The Hall–Kier alpha value is -0.380. The van der Waals surface area contributed by atoms with E-state index in [0.717, 1.165) is 0 Å². The molecule has 0 spiro atoms. The maximum Gasteiger partial charge on any atom is 0.0605 e. The van der Waals surface area contributed by atoms with Crippen LogP contribution in [0.2, 0.25) is 0 Å². The van der Waals surface area contributed by atoms with Gasteiger partial charge in [0.25, 0.3) is 0 Å². The molecule has 21 heavy (non-hydrogen) atoms. The summed E-state index contributed by atoms with van der Waals surface area (Å²) in [5, 5.41) is 0. The van der Waals surface area contributed by atoms with Gasteiger partial charge in [-0.3, -0.25) is 0 Å². The monoisotopic (exact) mass is 336 g/mol. The van der Waals surface area contributed by atoms with Crippen LogP contribution < -0.4 is 0 Å². The predicted octanol–water partition coefficient (Wildman–Crippen LogP) is 7.20. The summed E-state index contributed by atoms with van der Waals surface area (Å²) < 4.78 is 1.44. The topological polar surface area (TPSA) is 0 Å². The summed E-state index contributed by atoms with van der Waals surface area (Å²) in [6.45, 7) is 4.50. The fourth-order valence-electron chi connectivity index (χ4n) is 1.92. The van der Waals surface area contributed by atoms with Gasteiger partial charge in [-0.15, -0.1) is 34.9 Å². The zero-order valence-electron chi connectivity index (χ0n) is 12.9. The van der Waals surface area contributed by atoms with Gasteiger partial charge in [-0.25, -0.2) is 0 Å². The Balaban J connectivity index is 1.92. The van der Waals surface area contributed by atoms with Crippen LogP contribution in [-0.4, -0.2) is 11.5 Å². The average molecular weight is 337 g/mol. The third kappa shape index (κ3) is 5.72. The molecule has 0 N–H and O–H groups in total. The summed E-state index contributed by atoms with van der Waals surface area (Å²) in [6, 6.07) is 13.6. The molecule has 0 aliphatic carbocycles. The molecule has 0 bridgehead atoms. The van der Waals surface area contributed by atoms with Crippen LogP contribution in [-0.2, 0) is 0 Å². The van der Waals surface area contributed by atoms with Crippen molar-refractivity contribution in [3.8, 4) is 10.4 Å². The van der Waals surface area contributed by atoms with E-state index in [9.17, 15) is 0 Å². The van der Waals surface area contributed by atoms with Gasteiger partial charge in [-0.2, -0.15) is 0 Å². The highest BCUT2D eigenvalue weighted by molar-refractivity contribution is 8.01. The molecule has 0 nitrogen and oxygen atoms in total. The van der Waals surface area contributed by atoms with Crippen LogP contribution in [0.5, 0.6) is 0 Å². The number of thioether (sulfide) groups is 2. The molecule has 0 saturated heterocycles. The predicted molar refractivity (Wildman–Crippen MR) is 101 cm³/mol. The standard InChI is InChI=1S/C18H24S3/c1-3-5-13-19-16-9-7-15(8-10-16)17-11-12-18(21-17)20-14-6-4-2/h7-12H,3-6,13-14H2,1-2H3. The first kappa shape index (κ1) is 17.0. The van der Waals surface area contributed by atoms with Gasteiger partial charge in [-0.05, 0) is 54.2 Å². The van der Waals surface area contributed by atoms with Crippen LogP contribution in [0, 0.1) is 0 Å². The van der Waals surface area contributed by atoms with Gasteiger partial charge in [0.1, 0.15) is 0 Å². The van der Waals surface area contributed by atoms with Crippen molar-refractivity contribution in [3.63, 3.8) is 0 Å². The van der Waals surface area contributed by atoms with Crippen molar-refractivity contribution in [3.05, 3.63) is 36.4 Å². The SMILES string of the molecule is CCCCSc1ccc(-c2ccc(SCCCC)s2)cc1. The van der Waals surface area contributed by atoms with Gasteiger partial charge in [0.05, 0.1) is 4.21 Å². The smallest absolute Gasteiger partial charge is 0.0605 e. The highest BCUT2D eigenvalue weighted by atomic mass is 32.2. The van der Waals surface area contributed by atoms with Gasteiger partial charge in [0.15, 0.2) is 0 Å². The van der Waals surface area contributed by atoms with Crippen molar-refractivity contribution in [1.82, 2.24) is 0 Å².